The van der Waals surface area contributed by atoms with Gasteiger partial charge in [-0.15, -0.1) is 0 Å². The Labute approximate surface area is 204 Å². The first-order valence-electron chi connectivity index (χ1n) is 12.1. The third-order valence-electron chi connectivity index (χ3n) is 6.76. The Balaban J connectivity index is 1.38. The van der Waals surface area contributed by atoms with Crippen LogP contribution in [0.4, 0.5) is 11.4 Å². The largest absolute Gasteiger partial charge is 0.491 e. The maximum atomic E-state index is 13.7. The van der Waals surface area contributed by atoms with Crippen molar-refractivity contribution in [2.24, 2.45) is 0 Å². The highest BCUT2D eigenvalue weighted by Crippen LogP contribution is 2.45. The number of carbonyl (C=O) groups excluding carboxylic acids is 1. The molecule has 0 fully saturated rings. The number of hydrogen-bond donors (Lipinski definition) is 2. The predicted octanol–water partition coefficient (Wildman–Crippen LogP) is 6.18. The van der Waals surface area contributed by atoms with E-state index in [1.807, 2.05) is 68.4 Å². The first-order valence-corrected chi connectivity index (χ1v) is 12.1. The molecular weight excluding hydrogens is 440 g/mol. The lowest BCUT2D eigenvalue weighted by Crippen LogP contribution is -2.26. The molecule has 0 aromatic heterocycles. The molecule has 2 aliphatic heterocycles. The molecule has 3 aromatic rings. The molecule has 2 heterocycles. The van der Waals surface area contributed by atoms with Crippen LogP contribution in [0.25, 0.3) is 0 Å². The van der Waals surface area contributed by atoms with E-state index in [2.05, 4.69) is 22.8 Å². The molecule has 2 atom stereocenters. The van der Waals surface area contributed by atoms with Crippen molar-refractivity contribution >= 4 is 17.2 Å². The van der Waals surface area contributed by atoms with Gasteiger partial charge in [0.05, 0.1) is 23.5 Å². The summed E-state index contributed by atoms with van der Waals surface area (Å²) in [6.45, 7) is 4.25. The number of carbonyl (C=O) groups is 1. The van der Waals surface area contributed by atoms with Crippen molar-refractivity contribution in [1.29, 1.82) is 0 Å². The van der Waals surface area contributed by atoms with Gasteiger partial charge < -0.3 is 24.8 Å². The third-order valence-corrected chi connectivity index (χ3v) is 6.76. The Morgan fingerprint density at radius 1 is 0.886 bits per heavy atom. The molecule has 6 rings (SSSR count). The summed E-state index contributed by atoms with van der Waals surface area (Å²) in [5.74, 6) is 2.54. The maximum absolute atomic E-state index is 13.7. The zero-order chi connectivity index (χ0) is 23.9. The van der Waals surface area contributed by atoms with E-state index in [1.54, 1.807) is 0 Å². The van der Waals surface area contributed by atoms with Gasteiger partial charge in [0, 0.05) is 17.7 Å². The van der Waals surface area contributed by atoms with Crippen LogP contribution in [0.5, 0.6) is 17.2 Å². The van der Waals surface area contributed by atoms with Crippen molar-refractivity contribution < 1.29 is 19.0 Å². The molecule has 1 aliphatic carbocycles. The van der Waals surface area contributed by atoms with Crippen molar-refractivity contribution in [3.63, 3.8) is 0 Å². The molecule has 2 unspecified atom stereocenters. The molecule has 6 heteroatoms. The van der Waals surface area contributed by atoms with E-state index < -0.39 is 0 Å². The lowest BCUT2D eigenvalue weighted by molar-refractivity contribution is -0.116. The van der Waals surface area contributed by atoms with Crippen molar-refractivity contribution in [3.8, 4) is 17.2 Å². The number of hydrogen-bond acceptors (Lipinski definition) is 6. The second-order valence-electron chi connectivity index (χ2n) is 9.52. The Kier molecular flexibility index (Phi) is 5.36. The normalized spacial score (nSPS) is 20.5. The SMILES string of the molecule is CC(C)Oc1ccc(C2CC(=O)C3=C(C2)Nc2ccccc2NC3c2ccc3c(c2)OCO3)cc1. The average molecular weight is 469 g/mol. The first-order chi connectivity index (χ1) is 17.0. The van der Waals surface area contributed by atoms with Gasteiger partial charge in [0.25, 0.3) is 0 Å². The van der Waals surface area contributed by atoms with E-state index in [4.69, 9.17) is 14.2 Å². The number of benzene rings is 3. The molecule has 6 nitrogen and oxygen atoms in total. The van der Waals surface area contributed by atoms with Crippen molar-refractivity contribution in [3.05, 3.63) is 89.1 Å². The second kappa shape index (κ2) is 8.69. The topological polar surface area (TPSA) is 68.8 Å². The lowest BCUT2D eigenvalue weighted by Gasteiger charge is -2.30. The fourth-order valence-corrected chi connectivity index (χ4v) is 5.16. The summed E-state index contributed by atoms with van der Waals surface area (Å²) in [6, 6.07) is 21.9. The van der Waals surface area contributed by atoms with E-state index in [0.717, 1.165) is 51.7 Å². The standard InChI is InChI=1S/C29H28N2O4/c1-17(2)35-21-10-7-18(8-11-21)20-13-24-28(25(32)14-20)29(31-23-6-4-3-5-22(23)30-24)19-9-12-26-27(15-19)34-16-33-26/h3-12,15,17,20,29-31H,13-14,16H2,1-2H3. The van der Waals surface area contributed by atoms with Crippen LogP contribution in [-0.2, 0) is 4.79 Å². The average Bonchev–Trinajstić information content (AvgIpc) is 3.25. The smallest absolute Gasteiger partial charge is 0.231 e. The highest BCUT2D eigenvalue weighted by molar-refractivity contribution is 6.01. The number of ketones is 1. The number of para-hydroxylation sites is 2. The maximum Gasteiger partial charge on any atom is 0.231 e. The van der Waals surface area contributed by atoms with E-state index in [0.29, 0.717) is 12.2 Å². The van der Waals surface area contributed by atoms with Crippen LogP contribution in [0.2, 0.25) is 0 Å². The molecule has 0 bridgehead atoms. The Bertz CT molecular complexity index is 1310. The molecular formula is C29H28N2O4. The van der Waals surface area contributed by atoms with Crippen LogP contribution >= 0.6 is 0 Å². The first kappa shape index (κ1) is 21.6. The summed E-state index contributed by atoms with van der Waals surface area (Å²) in [7, 11) is 0. The fourth-order valence-electron chi connectivity index (χ4n) is 5.16. The predicted molar refractivity (Wildman–Crippen MR) is 135 cm³/mol. The van der Waals surface area contributed by atoms with Crippen LogP contribution in [0, 0.1) is 0 Å². The fraction of sp³-hybridized carbons (Fsp3) is 0.276. The minimum absolute atomic E-state index is 0.101. The zero-order valence-corrected chi connectivity index (χ0v) is 19.8. The molecule has 178 valence electrons. The molecule has 2 N–H and O–H groups in total. The quantitative estimate of drug-likeness (QED) is 0.476. The van der Waals surface area contributed by atoms with Gasteiger partial charge in [-0.05, 0) is 73.7 Å². The van der Waals surface area contributed by atoms with Crippen molar-refractivity contribution in [2.75, 3.05) is 17.4 Å². The molecule has 0 spiro atoms. The summed E-state index contributed by atoms with van der Waals surface area (Å²) in [5, 5.41) is 7.22. The molecule has 0 radical (unpaired) electrons. The van der Waals surface area contributed by atoms with Gasteiger partial charge in [0.2, 0.25) is 6.79 Å². The number of nitrogens with one attached hydrogen (secondary N) is 2. The number of Topliss-reactive ketones (excluding diaryl/α,β-unsaturated/α-hetero) is 1. The van der Waals surface area contributed by atoms with Gasteiger partial charge in [0.1, 0.15) is 5.75 Å². The van der Waals surface area contributed by atoms with Crippen molar-refractivity contribution in [2.45, 2.75) is 44.8 Å². The molecule has 35 heavy (non-hydrogen) atoms. The van der Waals surface area contributed by atoms with Crippen LogP contribution in [-0.4, -0.2) is 18.7 Å². The third kappa shape index (κ3) is 4.09. The summed E-state index contributed by atoms with van der Waals surface area (Å²) in [5.41, 5.74) is 5.81. The minimum Gasteiger partial charge on any atom is -0.491 e. The number of rotatable bonds is 4. The molecule has 0 saturated heterocycles. The Morgan fingerprint density at radius 3 is 2.43 bits per heavy atom. The van der Waals surface area contributed by atoms with Gasteiger partial charge >= 0.3 is 0 Å². The van der Waals surface area contributed by atoms with Gasteiger partial charge in [0.15, 0.2) is 17.3 Å². The van der Waals surface area contributed by atoms with Gasteiger partial charge in [-0.1, -0.05) is 30.3 Å². The molecule has 3 aliphatic rings. The van der Waals surface area contributed by atoms with Crippen LogP contribution in [0.15, 0.2) is 78.0 Å². The number of fused-ring (bicyclic) bond motifs is 2. The number of anilines is 2. The Morgan fingerprint density at radius 2 is 1.63 bits per heavy atom. The molecule has 3 aromatic carbocycles. The highest BCUT2D eigenvalue weighted by atomic mass is 16.7. The van der Waals surface area contributed by atoms with E-state index in [1.165, 1.54) is 0 Å². The van der Waals surface area contributed by atoms with Crippen molar-refractivity contribution in [1.82, 2.24) is 0 Å². The van der Waals surface area contributed by atoms with Gasteiger partial charge in [-0.3, -0.25) is 4.79 Å². The summed E-state index contributed by atoms with van der Waals surface area (Å²) in [4.78, 5) is 13.7. The number of allylic oxidation sites excluding steroid dienone is 1. The summed E-state index contributed by atoms with van der Waals surface area (Å²) >= 11 is 0. The number of ether oxygens (including phenoxy) is 3. The zero-order valence-electron chi connectivity index (χ0n) is 19.8. The van der Waals surface area contributed by atoms with Gasteiger partial charge in [-0.2, -0.15) is 0 Å². The Hall–Kier alpha value is -3.93. The van der Waals surface area contributed by atoms with Crippen LogP contribution in [0.1, 0.15) is 49.8 Å². The van der Waals surface area contributed by atoms with E-state index in [9.17, 15) is 4.79 Å². The van der Waals surface area contributed by atoms with E-state index >= 15 is 0 Å². The molecule has 0 saturated carbocycles. The monoisotopic (exact) mass is 468 g/mol. The second-order valence-corrected chi connectivity index (χ2v) is 9.52. The summed E-state index contributed by atoms with van der Waals surface area (Å²) < 4.78 is 16.9. The minimum atomic E-state index is -0.286. The van der Waals surface area contributed by atoms with E-state index in [-0.39, 0.29) is 30.6 Å². The molecule has 0 amide bonds. The highest BCUT2D eigenvalue weighted by Gasteiger charge is 2.36. The summed E-state index contributed by atoms with van der Waals surface area (Å²) in [6.07, 6.45) is 1.34. The van der Waals surface area contributed by atoms with Crippen LogP contribution < -0.4 is 24.8 Å². The lowest BCUT2D eigenvalue weighted by atomic mass is 9.78. The van der Waals surface area contributed by atoms with Crippen LogP contribution in [0.3, 0.4) is 0 Å². The van der Waals surface area contributed by atoms with Gasteiger partial charge in [-0.25, -0.2) is 0 Å².